The predicted octanol–water partition coefficient (Wildman–Crippen LogP) is 1.94. The van der Waals surface area contributed by atoms with E-state index < -0.39 is 24.7 Å². The van der Waals surface area contributed by atoms with Gasteiger partial charge >= 0.3 is 6.18 Å². The molecule has 23 heavy (non-hydrogen) atoms. The lowest BCUT2D eigenvalue weighted by molar-refractivity contribution is -0.184. The fourth-order valence-corrected chi connectivity index (χ4v) is 2.77. The molecule has 2 rings (SSSR count). The largest absolute Gasteiger partial charge is 0.405 e. The van der Waals surface area contributed by atoms with Crippen molar-refractivity contribution >= 4 is 21.8 Å². The number of rotatable bonds is 5. The first-order valence-electron chi connectivity index (χ1n) is 7.39. The van der Waals surface area contributed by atoms with E-state index in [2.05, 4.69) is 26.6 Å². The highest BCUT2D eigenvalue weighted by molar-refractivity contribution is 9.10. The molecule has 0 radical (unpaired) electrons. The van der Waals surface area contributed by atoms with E-state index in [1.54, 1.807) is 24.3 Å². The highest BCUT2D eigenvalue weighted by atomic mass is 79.9. The summed E-state index contributed by atoms with van der Waals surface area (Å²) >= 11 is 3.29. The minimum atomic E-state index is -4.36. The number of benzene rings is 1. The average Bonchev–Trinajstić information content (AvgIpc) is 2.49. The van der Waals surface area contributed by atoms with Crippen molar-refractivity contribution in [2.24, 2.45) is 0 Å². The van der Waals surface area contributed by atoms with E-state index in [-0.39, 0.29) is 6.42 Å². The molecular formula is C15H19BrF3N3O. The third-order valence-electron chi connectivity index (χ3n) is 3.74. The van der Waals surface area contributed by atoms with E-state index in [4.69, 9.17) is 0 Å². The summed E-state index contributed by atoms with van der Waals surface area (Å²) in [5, 5.41) is 5.44. The third kappa shape index (κ3) is 5.78. The second kappa shape index (κ2) is 8.12. The van der Waals surface area contributed by atoms with Crippen molar-refractivity contribution < 1.29 is 18.0 Å². The van der Waals surface area contributed by atoms with Crippen molar-refractivity contribution in [1.82, 2.24) is 15.5 Å². The summed E-state index contributed by atoms with van der Waals surface area (Å²) < 4.78 is 40.5. The summed E-state index contributed by atoms with van der Waals surface area (Å²) in [7, 11) is 0. The van der Waals surface area contributed by atoms with Crippen LogP contribution in [0.2, 0.25) is 0 Å². The van der Waals surface area contributed by atoms with Crippen LogP contribution in [0, 0.1) is 0 Å². The smallest absolute Gasteiger partial charge is 0.354 e. The van der Waals surface area contributed by atoms with Gasteiger partial charge < -0.3 is 10.6 Å². The average molecular weight is 394 g/mol. The van der Waals surface area contributed by atoms with Crippen molar-refractivity contribution in [3.05, 3.63) is 34.3 Å². The number of carbonyl (C=O) groups excluding carboxylic acids is 1. The molecule has 4 nitrogen and oxygen atoms in total. The van der Waals surface area contributed by atoms with Crippen LogP contribution in [0.5, 0.6) is 0 Å². The fraction of sp³-hybridized carbons (Fsp3) is 0.533. The van der Waals surface area contributed by atoms with Crippen LogP contribution in [0.15, 0.2) is 28.7 Å². The van der Waals surface area contributed by atoms with Gasteiger partial charge in [-0.3, -0.25) is 9.69 Å². The maximum absolute atomic E-state index is 13.2. The zero-order valence-corrected chi connectivity index (χ0v) is 14.1. The highest BCUT2D eigenvalue weighted by Crippen LogP contribution is 2.24. The minimum Gasteiger partial charge on any atom is -0.354 e. The van der Waals surface area contributed by atoms with Gasteiger partial charge in [-0.1, -0.05) is 28.1 Å². The van der Waals surface area contributed by atoms with E-state index >= 15 is 0 Å². The molecule has 1 aliphatic heterocycles. The Kier molecular flexibility index (Phi) is 6.43. The van der Waals surface area contributed by atoms with Crippen molar-refractivity contribution in [1.29, 1.82) is 0 Å². The monoisotopic (exact) mass is 393 g/mol. The van der Waals surface area contributed by atoms with E-state index in [9.17, 15) is 18.0 Å². The Balaban J connectivity index is 1.89. The molecule has 0 bridgehead atoms. The first-order chi connectivity index (χ1) is 10.9. The first kappa shape index (κ1) is 18.2. The van der Waals surface area contributed by atoms with Gasteiger partial charge in [0.25, 0.3) is 0 Å². The van der Waals surface area contributed by atoms with Crippen molar-refractivity contribution in [3.8, 4) is 0 Å². The molecule has 0 aliphatic carbocycles. The lowest BCUT2D eigenvalue weighted by Crippen LogP contribution is -2.57. The number of hydrogen-bond acceptors (Lipinski definition) is 3. The fourth-order valence-electron chi connectivity index (χ4n) is 2.51. The normalized spacial score (nSPS) is 17.7. The number of hydrogen-bond donors (Lipinski definition) is 2. The van der Waals surface area contributed by atoms with Gasteiger partial charge in [-0.2, -0.15) is 13.2 Å². The van der Waals surface area contributed by atoms with Gasteiger partial charge in [0, 0.05) is 37.2 Å². The first-order valence-corrected chi connectivity index (χ1v) is 8.18. The van der Waals surface area contributed by atoms with Gasteiger partial charge in [-0.25, -0.2) is 0 Å². The number of nitrogens with one attached hydrogen (secondary N) is 2. The molecule has 0 aromatic heterocycles. The van der Waals surface area contributed by atoms with Crippen LogP contribution in [0.3, 0.4) is 0 Å². The standard InChI is InChI=1S/C15H19BrF3N3O/c16-12-3-1-11(2-4-12)9-14(23)21-10-13(15(17,18)19)22-7-5-20-6-8-22/h1-4,13,20H,5-10H2,(H,21,23). The van der Waals surface area contributed by atoms with Gasteiger partial charge in [0.15, 0.2) is 0 Å². The Bertz CT molecular complexity index is 516. The molecule has 2 N–H and O–H groups in total. The number of amides is 1. The topological polar surface area (TPSA) is 44.4 Å². The van der Waals surface area contributed by atoms with Gasteiger partial charge in [0.1, 0.15) is 6.04 Å². The Morgan fingerprint density at radius 3 is 2.43 bits per heavy atom. The van der Waals surface area contributed by atoms with Crippen LogP contribution in [0.1, 0.15) is 5.56 Å². The zero-order chi connectivity index (χ0) is 16.9. The summed E-state index contributed by atoms with van der Waals surface area (Å²) in [5.74, 6) is -0.406. The molecule has 1 heterocycles. The second-order valence-electron chi connectivity index (χ2n) is 5.45. The number of alkyl halides is 3. The molecule has 0 spiro atoms. The quantitative estimate of drug-likeness (QED) is 0.803. The van der Waals surface area contributed by atoms with Gasteiger partial charge in [0.05, 0.1) is 6.42 Å². The second-order valence-corrected chi connectivity index (χ2v) is 6.37. The molecule has 1 aliphatic rings. The van der Waals surface area contributed by atoms with E-state index in [1.165, 1.54) is 4.90 Å². The highest BCUT2D eigenvalue weighted by Gasteiger charge is 2.43. The van der Waals surface area contributed by atoms with Crippen LogP contribution >= 0.6 is 15.9 Å². The van der Waals surface area contributed by atoms with Crippen molar-refractivity contribution in [3.63, 3.8) is 0 Å². The molecule has 1 aromatic rings. The summed E-state index contributed by atoms with van der Waals surface area (Å²) in [4.78, 5) is 13.3. The van der Waals surface area contributed by atoms with Gasteiger partial charge in [-0.15, -0.1) is 0 Å². The van der Waals surface area contributed by atoms with Crippen LogP contribution < -0.4 is 10.6 Å². The molecule has 1 amide bonds. The Hall–Kier alpha value is -1.12. The lowest BCUT2D eigenvalue weighted by atomic mass is 10.1. The SMILES string of the molecule is O=C(Cc1ccc(Br)cc1)NCC(N1CCNCC1)C(F)(F)F. The number of carbonyl (C=O) groups is 1. The number of halogens is 4. The Morgan fingerprint density at radius 2 is 1.87 bits per heavy atom. The maximum atomic E-state index is 13.2. The summed E-state index contributed by atoms with van der Waals surface area (Å²) in [6.07, 6.45) is -4.29. The van der Waals surface area contributed by atoms with E-state index in [0.717, 1.165) is 10.0 Å². The van der Waals surface area contributed by atoms with E-state index in [0.29, 0.717) is 26.2 Å². The van der Waals surface area contributed by atoms with Crippen LogP contribution in [0.25, 0.3) is 0 Å². The number of nitrogens with zero attached hydrogens (tertiary/aromatic N) is 1. The third-order valence-corrected chi connectivity index (χ3v) is 4.27. The van der Waals surface area contributed by atoms with Crippen LogP contribution in [0.4, 0.5) is 13.2 Å². The summed E-state index contributed by atoms with van der Waals surface area (Å²) in [6, 6.07) is 5.48. The van der Waals surface area contributed by atoms with Crippen LogP contribution in [-0.2, 0) is 11.2 Å². The zero-order valence-electron chi connectivity index (χ0n) is 12.5. The van der Waals surface area contributed by atoms with Crippen LogP contribution in [-0.4, -0.2) is 55.7 Å². The molecule has 128 valence electrons. The Morgan fingerprint density at radius 1 is 1.26 bits per heavy atom. The molecule has 8 heteroatoms. The summed E-state index contributed by atoms with van der Waals surface area (Å²) in [5.41, 5.74) is 0.761. The molecular weight excluding hydrogens is 375 g/mol. The number of piperazine rings is 1. The molecule has 1 saturated heterocycles. The molecule has 1 unspecified atom stereocenters. The molecule has 1 fully saturated rings. The molecule has 0 saturated carbocycles. The summed E-state index contributed by atoms with van der Waals surface area (Å²) in [6.45, 7) is 1.29. The Labute approximate surface area is 141 Å². The van der Waals surface area contributed by atoms with Crippen molar-refractivity contribution in [2.75, 3.05) is 32.7 Å². The minimum absolute atomic E-state index is 0.0689. The van der Waals surface area contributed by atoms with Crippen molar-refractivity contribution in [2.45, 2.75) is 18.6 Å². The van der Waals surface area contributed by atoms with Gasteiger partial charge in [-0.05, 0) is 17.7 Å². The predicted molar refractivity (Wildman–Crippen MR) is 85.1 cm³/mol. The van der Waals surface area contributed by atoms with E-state index in [1.807, 2.05) is 0 Å². The van der Waals surface area contributed by atoms with Gasteiger partial charge in [0.2, 0.25) is 5.91 Å². The molecule has 1 atom stereocenters. The maximum Gasteiger partial charge on any atom is 0.405 e. The lowest BCUT2D eigenvalue weighted by Gasteiger charge is -2.35. The molecule has 1 aromatic carbocycles.